The third-order valence-electron chi connectivity index (χ3n) is 5.12. The van der Waals surface area contributed by atoms with Crippen molar-refractivity contribution in [1.29, 1.82) is 0 Å². The van der Waals surface area contributed by atoms with E-state index >= 15 is 0 Å². The summed E-state index contributed by atoms with van der Waals surface area (Å²) < 4.78 is 16.1. The first-order valence-electron chi connectivity index (χ1n) is 9.89. The highest BCUT2D eigenvalue weighted by molar-refractivity contribution is 5.44. The van der Waals surface area contributed by atoms with E-state index in [9.17, 15) is 0 Å². The molecule has 0 radical (unpaired) electrons. The maximum Gasteiger partial charge on any atom is 0.231 e. The zero-order valence-electron chi connectivity index (χ0n) is 16.7. The van der Waals surface area contributed by atoms with E-state index in [-0.39, 0.29) is 0 Å². The lowest BCUT2D eigenvalue weighted by molar-refractivity contribution is 0.174. The highest BCUT2D eigenvalue weighted by Gasteiger charge is 2.14. The number of benzene rings is 2. The van der Waals surface area contributed by atoms with Crippen molar-refractivity contribution in [3.63, 3.8) is 0 Å². The summed E-state index contributed by atoms with van der Waals surface area (Å²) in [5.41, 5.74) is 2.63. The van der Waals surface area contributed by atoms with Gasteiger partial charge in [0.2, 0.25) is 6.79 Å². The Balaban J connectivity index is 1.52. The topological polar surface area (TPSA) is 39.7 Å². The number of rotatable bonds is 10. The molecule has 4 nitrogen and oxygen atoms in total. The van der Waals surface area contributed by atoms with Crippen LogP contribution in [0.1, 0.15) is 50.2 Å². The van der Waals surface area contributed by atoms with Crippen LogP contribution < -0.4 is 19.5 Å². The minimum absolute atomic E-state index is 0.325. The van der Waals surface area contributed by atoms with Crippen molar-refractivity contribution in [1.82, 2.24) is 5.32 Å². The van der Waals surface area contributed by atoms with Crippen molar-refractivity contribution in [3.8, 4) is 17.2 Å². The van der Waals surface area contributed by atoms with Gasteiger partial charge < -0.3 is 19.5 Å². The van der Waals surface area contributed by atoms with Crippen LogP contribution in [-0.2, 0) is 6.54 Å². The smallest absolute Gasteiger partial charge is 0.231 e. The van der Waals surface area contributed by atoms with Crippen LogP contribution in [0.15, 0.2) is 42.5 Å². The predicted octanol–water partition coefficient (Wildman–Crippen LogP) is 5.12. The van der Waals surface area contributed by atoms with Crippen molar-refractivity contribution in [2.45, 2.75) is 45.6 Å². The lowest BCUT2D eigenvalue weighted by Gasteiger charge is -2.19. The molecular formula is C23H31NO3. The summed E-state index contributed by atoms with van der Waals surface area (Å²) in [6.07, 6.45) is 3.60. The van der Waals surface area contributed by atoms with Gasteiger partial charge in [-0.2, -0.15) is 0 Å². The fourth-order valence-corrected chi connectivity index (χ4v) is 3.45. The molecule has 1 N–H and O–H groups in total. The second-order valence-electron chi connectivity index (χ2n) is 7.59. The highest BCUT2D eigenvalue weighted by atomic mass is 16.7. The minimum Gasteiger partial charge on any atom is -0.497 e. The van der Waals surface area contributed by atoms with Gasteiger partial charge in [0.25, 0.3) is 0 Å². The number of ether oxygens (including phenoxy) is 3. The minimum atomic E-state index is 0.325. The molecule has 0 unspecified atom stereocenters. The standard InChI is InChI=1S/C23H31NO3/c1-17(2)4-6-20(19-7-9-21(25-3)10-8-19)12-13-24-15-18-5-11-22-23(14-18)27-16-26-22/h5,7-11,14,17,20,24H,4,6,12-13,15-16H2,1-3H3/t20-/m1/s1. The van der Waals surface area contributed by atoms with Gasteiger partial charge >= 0.3 is 0 Å². The Morgan fingerprint density at radius 2 is 1.74 bits per heavy atom. The first-order chi connectivity index (χ1) is 13.2. The first kappa shape index (κ1) is 19.6. The molecule has 1 heterocycles. The normalized spacial score (nSPS) is 13.8. The molecule has 2 aromatic rings. The van der Waals surface area contributed by atoms with Gasteiger partial charge in [-0.15, -0.1) is 0 Å². The molecule has 1 atom stereocenters. The van der Waals surface area contributed by atoms with Crippen LogP contribution in [0.25, 0.3) is 0 Å². The van der Waals surface area contributed by atoms with Crippen molar-refractivity contribution in [2.75, 3.05) is 20.4 Å². The second-order valence-corrected chi connectivity index (χ2v) is 7.59. The fourth-order valence-electron chi connectivity index (χ4n) is 3.45. The zero-order chi connectivity index (χ0) is 19.1. The van der Waals surface area contributed by atoms with E-state index in [4.69, 9.17) is 14.2 Å². The SMILES string of the molecule is COc1ccc([C@@H](CCNCc2ccc3c(c2)OCO3)CCC(C)C)cc1. The summed E-state index contributed by atoms with van der Waals surface area (Å²) in [5, 5.41) is 3.58. The summed E-state index contributed by atoms with van der Waals surface area (Å²) in [6.45, 7) is 6.75. The molecule has 4 heteroatoms. The molecule has 0 bridgehead atoms. The molecule has 27 heavy (non-hydrogen) atoms. The van der Waals surface area contributed by atoms with Gasteiger partial charge in [-0.3, -0.25) is 0 Å². The van der Waals surface area contributed by atoms with E-state index in [0.717, 1.165) is 42.7 Å². The fraction of sp³-hybridized carbons (Fsp3) is 0.478. The number of nitrogens with one attached hydrogen (secondary N) is 1. The summed E-state index contributed by atoms with van der Waals surface area (Å²) in [7, 11) is 1.71. The Kier molecular flexibility index (Phi) is 6.99. The van der Waals surface area contributed by atoms with E-state index in [1.165, 1.54) is 24.0 Å². The lowest BCUT2D eigenvalue weighted by atomic mass is 9.88. The maximum atomic E-state index is 5.45. The van der Waals surface area contributed by atoms with Gasteiger partial charge in [0.15, 0.2) is 11.5 Å². The van der Waals surface area contributed by atoms with Crippen LogP contribution in [0.4, 0.5) is 0 Å². The number of hydrogen-bond acceptors (Lipinski definition) is 4. The molecule has 0 amide bonds. The van der Waals surface area contributed by atoms with Gasteiger partial charge in [0.05, 0.1) is 7.11 Å². The first-order valence-corrected chi connectivity index (χ1v) is 9.89. The average Bonchev–Trinajstić information content (AvgIpc) is 3.15. The molecule has 0 aromatic heterocycles. The monoisotopic (exact) mass is 369 g/mol. The molecule has 3 rings (SSSR count). The second kappa shape index (κ2) is 9.65. The van der Waals surface area contributed by atoms with E-state index < -0.39 is 0 Å². The Hall–Kier alpha value is -2.20. The molecule has 0 saturated carbocycles. The van der Waals surface area contributed by atoms with E-state index in [2.05, 4.69) is 55.6 Å². The van der Waals surface area contributed by atoms with Crippen LogP contribution >= 0.6 is 0 Å². The summed E-state index contributed by atoms with van der Waals surface area (Å²) in [4.78, 5) is 0. The molecule has 0 fully saturated rings. The van der Waals surface area contributed by atoms with Gasteiger partial charge in [-0.1, -0.05) is 38.5 Å². The number of hydrogen-bond donors (Lipinski definition) is 1. The van der Waals surface area contributed by atoms with Gasteiger partial charge in [0.1, 0.15) is 5.75 Å². The van der Waals surface area contributed by atoms with E-state index in [0.29, 0.717) is 12.7 Å². The largest absolute Gasteiger partial charge is 0.497 e. The molecule has 146 valence electrons. The van der Waals surface area contributed by atoms with Crippen molar-refractivity contribution >= 4 is 0 Å². The van der Waals surface area contributed by atoms with Gasteiger partial charge in [-0.25, -0.2) is 0 Å². The van der Waals surface area contributed by atoms with Crippen LogP contribution in [0, 0.1) is 5.92 Å². The van der Waals surface area contributed by atoms with E-state index in [1.807, 2.05) is 6.07 Å². The molecule has 1 aliphatic rings. The summed E-state index contributed by atoms with van der Waals surface area (Å²) in [5.74, 6) is 3.91. The van der Waals surface area contributed by atoms with Crippen LogP contribution in [0.3, 0.4) is 0 Å². The Morgan fingerprint density at radius 3 is 2.48 bits per heavy atom. The lowest BCUT2D eigenvalue weighted by Crippen LogP contribution is -2.17. The van der Waals surface area contributed by atoms with Crippen molar-refractivity contribution in [3.05, 3.63) is 53.6 Å². The zero-order valence-corrected chi connectivity index (χ0v) is 16.7. The van der Waals surface area contributed by atoms with Crippen molar-refractivity contribution in [2.24, 2.45) is 5.92 Å². The van der Waals surface area contributed by atoms with Crippen LogP contribution in [-0.4, -0.2) is 20.4 Å². The van der Waals surface area contributed by atoms with Crippen LogP contribution in [0.5, 0.6) is 17.2 Å². The molecule has 1 aliphatic heterocycles. The quantitative estimate of drug-likeness (QED) is 0.590. The Bertz CT molecular complexity index is 712. The predicted molar refractivity (Wildman–Crippen MR) is 109 cm³/mol. The summed E-state index contributed by atoms with van der Waals surface area (Å²) in [6, 6.07) is 14.7. The van der Waals surface area contributed by atoms with Gasteiger partial charge in [0, 0.05) is 6.54 Å². The van der Waals surface area contributed by atoms with Crippen LogP contribution in [0.2, 0.25) is 0 Å². The molecule has 0 saturated heterocycles. The molecule has 2 aromatic carbocycles. The number of methoxy groups -OCH3 is 1. The third-order valence-corrected chi connectivity index (χ3v) is 5.12. The van der Waals surface area contributed by atoms with Gasteiger partial charge in [-0.05, 0) is 66.6 Å². The summed E-state index contributed by atoms with van der Waals surface area (Å²) >= 11 is 0. The maximum absolute atomic E-state index is 5.45. The Morgan fingerprint density at radius 1 is 0.963 bits per heavy atom. The molecular weight excluding hydrogens is 338 g/mol. The molecule has 0 aliphatic carbocycles. The average molecular weight is 370 g/mol. The highest BCUT2D eigenvalue weighted by Crippen LogP contribution is 2.32. The molecule has 0 spiro atoms. The Labute approximate surface area is 162 Å². The number of fused-ring (bicyclic) bond motifs is 1. The van der Waals surface area contributed by atoms with E-state index in [1.54, 1.807) is 7.11 Å². The van der Waals surface area contributed by atoms with Crippen molar-refractivity contribution < 1.29 is 14.2 Å². The third kappa shape index (κ3) is 5.64.